The molecule has 0 bridgehead atoms. The molecule has 1 aliphatic heterocycles. The van der Waals surface area contributed by atoms with Crippen molar-refractivity contribution < 1.29 is 13.2 Å². The van der Waals surface area contributed by atoms with E-state index in [4.69, 9.17) is 23.2 Å². The number of hydrogen-bond donors (Lipinski definition) is 1. The number of thiazole rings is 1. The Morgan fingerprint density at radius 1 is 1.17 bits per heavy atom. The van der Waals surface area contributed by atoms with Gasteiger partial charge in [0.1, 0.15) is 10.3 Å². The molecule has 1 aliphatic rings. The molecule has 4 rings (SSSR count). The number of aromatic nitrogens is 1. The Morgan fingerprint density at radius 2 is 2.00 bits per heavy atom. The van der Waals surface area contributed by atoms with Crippen LogP contribution in [0.5, 0.6) is 0 Å². The smallest absolute Gasteiger partial charge is 0.253 e. The Balaban J connectivity index is 1.53. The van der Waals surface area contributed by atoms with E-state index < -0.39 is 16.1 Å². The van der Waals surface area contributed by atoms with Crippen LogP contribution in [0, 0.1) is 0 Å². The molecule has 158 valence electrons. The molecule has 2 aromatic heterocycles. The van der Waals surface area contributed by atoms with Crippen molar-refractivity contribution in [3.8, 4) is 11.3 Å². The van der Waals surface area contributed by atoms with Gasteiger partial charge in [-0.1, -0.05) is 41.8 Å². The molecule has 3 heterocycles. The van der Waals surface area contributed by atoms with Crippen molar-refractivity contribution in [2.24, 2.45) is 0 Å². The molecule has 0 saturated carbocycles. The van der Waals surface area contributed by atoms with Gasteiger partial charge in [0.25, 0.3) is 10.0 Å². The van der Waals surface area contributed by atoms with Crippen molar-refractivity contribution in [2.75, 3.05) is 11.9 Å². The number of carbonyl (C=O) groups is 1. The van der Waals surface area contributed by atoms with Gasteiger partial charge in [-0.05, 0) is 36.4 Å². The quantitative estimate of drug-likeness (QED) is 0.510. The molecular formula is C19H17Cl2N3O3S3. The van der Waals surface area contributed by atoms with Crippen LogP contribution in [0.15, 0.2) is 45.3 Å². The maximum Gasteiger partial charge on any atom is 0.253 e. The van der Waals surface area contributed by atoms with Crippen LogP contribution in [-0.2, 0) is 14.8 Å². The minimum Gasteiger partial charge on any atom is -0.301 e. The maximum atomic E-state index is 13.0. The minimum atomic E-state index is -3.70. The summed E-state index contributed by atoms with van der Waals surface area (Å²) in [5.74, 6) is -0.370. The lowest BCUT2D eigenvalue weighted by Gasteiger charge is -2.32. The average molecular weight is 502 g/mol. The fourth-order valence-corrected chi connectivity index (χ4v) is 7.09. The molecule has 1 N–H and O–H groups in total. The molecule has 3 aromatic rings. The molecule has 0 aliphatic carbocycles. The third kappa shape index (κ3) is 4.42. The van der Waals surface area contributed by atoms with Gasteiger partial charge in [-0.2, -0.15) is 4.31 Å². The average Bonchev–Trinajstić information content (AvgIpc) is 3.43. The van der Waals surface area contributed by atoms with Gasteiger partial charge in [0.15, 0.2) is 5.13 Å². The Hall–Kier alpha value is -1.49. The summed E-state index contributed by atoms with van der Waals surface area (Å²) in [6.45, 7) is 0.324. The first kappa shape index (κ1) is 21.7. The molecule has 0 spiro atoms. The van der Waals surface area contributed by atoms with Crippen LogP contribution in [0.4, 0.5) is 5.13 Å². The molecule has 1 saturated heterocycles. The number of anilines is 1. The van der Waals surface area contributed by atoms with Gasteiger partial charge in [-0.25, -0.2) is 13.4 Å². The highest BCUT2D eigenvalue weighted by Crippen LogP contribution is 2.32. The van der Waals surface area contributed by atoms with Crippen molar-refractivity contribution in [3.05, 3.63) is 51.1 Å². The van der Waals surface area contributed by atoms with Gasteiger partial charge < -0.3 is 5.32 Å². The highest BCUT2D eigenvalue weighted by atomic mass is 35.5. The zero-order valence-corrected chi connectivity index (χ0v) is 19.5. The predicted molar refractivity (Wildman–Crippen MR) is 122 cm³/mol. The fraction of sp³-hybridized carbons (Fsp3) is 0.263. The maximum absolute atomic E-state index is 13.0. The van der Waals surface area contributed by atoms with Crippen LogP contribution in [-0.4, -0.2) is 36.2 Å². The van der Waals surface area contributed by atoms with E-state index in [9.17, 15) is 13.2 Å². The standard InChI is InChI=1S/C19H17Cl2N3O3S3/c20-13-7-6-12(10-14(13)21)15-11-29-19(22-15)23-18(25)16-4-1-2-8-24(16)30(26,27)17-5-3-9-28-17/h3,5-7,9-11,16H,1-2,4,8H2,(H,22,23,25). The molecule has 1 atom stereocenters. The lowest BCUT2D eigenvalue weighted by Crippen LogP contribution is -2.49. The van der Waals surface area contributed by atoms with Gasteiger partial charge in [-0.3, -0.25) is 4.79 Å². The van der Waals surface area contributed by atoms with Crippen LogP contribution >= 0.6 is 45.9 Å². The third-order valence-corrected chi connectivity index (χ3v) is 9.54. The number of hydrogen-bond acceptors (Lipinski definition) is 6. The minimum absolute atomic E-state index is 0.248. The number of piperidine rings is 1. The third-order valence-electron chi connectivity index (χ3n) is 4.76. The highest BCUT2D eigenvalue weighted by molar-refractivity contribution is 7.91. The molecule has 1 aromatic carbocycles. The van der Waals surface area contributed by atoms with Crippen molar-refractivity contribution in [1.82, 2.24) is 9.29 Å². The molecule has 1 fully saturated rings. The second-order valence-corrected chi connectivity index (χ2v) is 11.5. The van der Waals surface area contributed by atoms with Crippen LogP contribution in [0.1, 0.15) is 19.3 Å². The number of carbonyl (C=O) groups excluding carboxylic acids is 1. The molecule has 11 heteroatoms. The zero-order valence-electron chi connectivity index (χ0n) is 15.5. The van der Waals surface area contributed by atoms with Gasteiger partial charge in [-0.15, -0.1) is 22.7 Å². The van der Waals surface area contributed by atoms with E-state index in [2.05, 4.69) is 10.3 Å². The van der Waals surface area contributed by atoms with E-state index in [1.54, 1.807) is 41.1 Å². The van der Waals surface area contributed by atoms with Crippen molar-refractivity contribution >= 4 is 66.9 Å². The lowest BCUT2D eigenvalue weighted by atomic mass is 10.0. The second-order valence-electron chi connectivity index (χ2n) is 6.72. The van der Waals surface area contributed by atoms with Gasteiger partial charge >= 0.3 is 0 Å². The van der Waals surface area contributed by atoms with Crippen molar-refractivity contribution in [3.63, 3.8) is 0 Å². The first-order chi connectivity index (χ1) is 14.4. The summed E-state index contributed by atoms with van der Waals surface area (Å²) in [4.78, 5) is 17.4. The number of amides is 1. The van der Waals surface area contributed by atoms with E-state index in [1.807, 2.05) is 0 Å². The molecule has 1 amide bonds. The normalized spacial score (nSPS) is 17.7. The summed E-state index contributed by atoms with van der Waals surface area (Å²) >= 11 is 14.4. The topological polar surface area (TPSA) is 79.4 Å². The van der Waals surface area contributed by atoms with Gasteiger partial charge in [0.2, 0.25) is 5.91 Å². The SMILES string of the molecule is O=C(Nc1nc(-c2ccc(Cl)c(Cl)c2)cs1)C1CCCCN1S(=O)(=O)c1cccs1. The monoisotopic (exact) mass is 501 g/mol. The summed E-state index contributed by atoms with van der Waals surface area (Å²) < 4.78 is 27.5. The van der Waals surface area contributed by atoms with E-state index in [-0.39, 0.29) is 10.1 Å². The van der Waals surface area contributed by atoms with Crippen molar-refractivity contribution in [1.29, 1.82) is 0 Å². The predicted octanol–water partition coefficient (Wildman–Crippen LogP) is 5.36. The van der Waals surface area contributed by atoms with Crippen LogP contribution in [0.3, 0.4) is 0 Å². The number of nitrogens with one attached hydrogen (secondary N) is 1. The van der Waals surface area contributed by atoms with E-state index in [0.717, 1.165) is 29.7 Å². The summed E-state index contributed by atoms with van der Waals surface area (Å²) in [6, 6.07) is 7.69. The molecule has 0 radical (unpaired) electrons. The Bertz CT molecular complexity index is 1160. The van der Waals surface area contributed by atoms with E-state index in [0.29, 0.717) is 33.8 Å². The first-order valence-electron chi connectivity index (χ1n) is 9.13. The number of benzene rings is 1. The summed E-state index contributed by atoms with van der Waals surface area (Å²) in [6.07, 6.45) is 2.00. The van der Waals surface area contributed by atoms with E-state index >= 15 is 0 Å². The number of thiophene rings is 1. The first-order valence-corrected chi connectivity index (χ1v) is 13.1. The fourth-order valence-electron chi connectivity index (χ4n) is 3.29. The summed E-state index contributed by atoms with van der Waals surface area (Å²) in [5.41, 5.74) is 1.43. The lowest BCUT2D eigenvalue weighted by molar-refractivity contribution is -0.120. The van der Waals surface area contributed by atoms with Crippen molar-refractivity contribution in [2.45, 2.75) is 29.5 Å². The number of halogens is 2. The molecule has 6 nitrogen and oxygen atoms in total. The Kier molecular flexibility index (Phi) is 6.47. The number of rotatable bonds is 5. The molecule has 30 heavy (non-hydrogen) atoms. The molecule has 1 unspecified atom stereocenters. The van der Waals surface area contributed by atoms with Crippen LogP contribution < -0.4 is 5.32 Å². The number of nitrogens with zero attached hydrogens (tertiary/aromatic N) is 2. The summed E-state index contributed by atoms with van der Waals surface area (Å²) in [7, 11) is -3.70. The molecular weight excluding hydrogens is 485 g/mol. The van der Waals surface area contributed by atoms with Gasteiger partial charge in [0, 0.05) is 17.5 Å². The Labute approximate surface area is 192 Å². The number of sulfonamides is 1. The van der Waals surface area contributed by atoms with Crippen LogP contribution in [0.2, 0.25) is 10.0 Å². The van der Waals surface area contributed by atoms with E-state index in [1.165, 1.54) is 15.6 Å². The second kappa shape index (κ2) is 8.94. The largest absolute Gasteiger partial charge is 0.301 e. The zero-order chi connectivity index (χ0) is 21.3. The van der Waals surface area contributed by atoms with Crippen LogP contribution in [0.25, 0.3) is 11.3 Å². The van der Waals surface area contributed by atoms with Gasteiger partial charge in [0.05, 0.1) is 15.7 Å². The summed E-state index contributed by atoms with van der Waals surface area (Å²) in [5, 5.41) is 7.57. The Morgan fingerprint density at radius 3 is 2.73 bits per heavy atom. The highest BCUT2D eigenvalue weighted by Gasteiger charge is 2.38.